The molecule has 70 valence electrons. The standard InChI is InChI=1S/C11H13O.W/c1-8-5-4-6-9-7-11(2,3)12-10(8)9;/h4-5H,7H2,1-3H3;/q-1;. The summed E-state index contributed by atoms with van der Waals surface area (Å²) in [5.74, 6) is 1.04. The topological polar surface area (TPSA) is 9.23 Å². The van der Waals surface area contributed by atoms with Crippen molar-refractivity contribution in [3.63, 3.8) is 0 Å². The third-order valence-corrected chi connectivity index (χ3v) is 2.20. The van der Waals surface area contributed by atoms with Gasteiger partial charge >= 0.3 is 0 Å². The van der Waals surface area contributed by atoms with Crippen molar-refractivity contribution in [2.75, 3.05) is 0 Å². The molecule has 0 amide bonds. The van der Waals surface area contributed by atoms with Gasteiger partial charge in [0.2, 0.25) is 0 Å². The summed E-state index contributed by atoms with van der Waals surface area (Å²) in [6.45, 7) is 6.30. The number of hydrogen-bond donors (Lipinski definition) is 0. The van der Waals surface area contributed by atoms with E-state index >= 15 is 0 Å². The normalized spacial score (nSPS) is 17.2. The zero-order valence-corrected chi connectivity index (χ0v) is 11.1. The molecule has 2 heteroatoms. The molecule has 1 heterocycles. The Balaban J connectivity index is 0.000000845. The van der Waals surface area contributed by atoms with E-state index in [-0.39, 0.29) is 26.7 Å². The predicted molar refractivity (Wildman–Crippen MR) is 48.4 cm³/mol. The molecule has 0 aliphatic carbocycles. The largest absolute Gasteiger partial charge is 0.545 e. The molecule has 0 fully saturated rings. The van der Waals surface area contributed by atoms with E-state index in [2.05, 4.69) is 26.8 Å². The average Bonchev–Trinajstić information content (AvgIpc) is 2.25. The number of aryl methyl sites for hydroxylation is 1. The summed E-state index contributed by atoms with van der Waals surface area (Å²) in [5, 5.41) is 0. The molecule has 0 aromatic heterocycles. The van der Waals surface area contributed by atoms with Crippen LogP contribution < -0.4 is 4.74 Å². The average molecular weight is 345 g/mol. The Labute approximate surface area is 93.8 Å². The molecule has 1 aromatic carbocycles. The van der Waals surface area contributed by atoms with Crippen LogP contribution in [0.1, 0.15) is 25.0 Å². The van der Waals surface area contributed by atoms with Crippen LogP contribution in [0.5, 0.6) is 5.75 Å². The molecule has 0 saturated carbocycles. The third-order valence-electron chi connectivity index (χ3n) is 2.20. The number of ether oxygens (including phenoxy) is 1. The van der Waals surface area contributed by atoms with Gasteiger partial charge in [0.25, 0.3) is 0 Å². The van der Waals surface area contributed by atoms with Gasteiger partial charge in [0.05, 0.1) is 5.60 Å². The summed E-state index contributed by atoms with van der Waals surface area (Å²) >= 11 is 0. The molecular formula is C11H13OW-. The second-order valence-electron chi connectivity index (χ2n) is 4.01. The molecule has 0 bridgehead atoms. The van der Waals surface area contributed by atoms with Crippen LogP contribution >= 0.6 is 0 Å². The van der Waals surface area contributed by atoms with Crippen LogP contribution in [0.15, 0.2) is 12.1 Å². The van der Waals surface area contributed by atoms with Gasteiger partial charge in [-0.05, 0) is 20.3 Å². The maximum absolute atomic E-state index is 5.79. The van der Waals surface area contributed by atoms with Crippen LogP contribution in [0.2, 0.25) is 0 Å². The van der Waals surface area contributed by atoms with Crippen molar-refractivity contribution in [1.82, 2.24) is 0 Å². The summed E-state index contributed by atoms with van der Waals surface area (Å²) in [6, 6.07) is 7.23. The van der Waals surface area contributed by atoms with Crippen molar-refractivity contribution in [3.05, 3.63) is 29.3 Å². The number of benzene rings is 1. The van der Waals surface area contributed by atoms with E-state index in [1.54, 1.807) is 0 Å². The molecule has 1 nitrogen and oxygen atoms in total. The first-order valence-corrected chi connectivity index (χ1v) is 4.28. The molecule has 1 aliphatic heterocycles. The fourth-order valence-corrected chi connectivity index (χ4v) is 1.66. The van der Waals surface area contributed by atoms with E-state index in [9.17, 15) is 0 Å². The van der Waals surface area contributed by atoms with Crippen LogP contribution in [0.4, 0.5) is 0 Å². The second-order valence-corrected chi connectivity index (χ2v) is 4.01. The summed E-state index contributed by atoms with van der Waals surface area (Å²) in [7, 11) is 0. The summed E-state index contributed by atoms with van der Waals surface area (Å²) in [6.07, 6.45) is 0.976. The Kier molecular flexibility index (Phi) is 2.87. The van der Waals surface area contributed by atoms with Crippen LogP contribution in [0, 0.1) is 13.0 Å². The fourth-order valence-electron chi connectivity index (χ4n) is 1.66. The van der Waals surface area contributed by atoms with E-state index < -0.39 is 0 Å². The Morgan fingerprint density at radius 1 is 1.46 bits per heavy atom. The molecule has 0 N–H and O–H groups in total. The quantitative estimate of drug-likeness (QED) is 0.657. The number of fused-ring (bicyclic) bond motifs is 1. The van der Waals surface area contributed by atoms with E-state index in [0.29, 0.717) is 0 Å². The molecule has 13 heavy (non-hydrogen) atoms. The van der Waals surface area contributed by atoms with E-state index in [1.165, 1.54) is 11.1 Å². The maximum atomic E-state index is 5.79. The van der Waals surface area contributed by atoms with Gasteiger partial charge in [0.1, 0.15) is 0 Å². The van der Waals surface area contributed by atoms with Gasteiger partial charge in [-0.15, -0.1) is 11.1 Å². The van der Waals surface area contributed by atoms with Crippen LogP contribution in [-0.2, 0) is 27.5 Å². The van der Waals surface area contributed by atoms with E-state index in [4.69, 9.17) is 4.74 Å². The first kappa shape index (κ1) is 10.8. The Bertz CT molecular complexity index is 318. The first-order chi connectivity index (χ1) is 5.58. The monoisotopic (exact) mass is 345 g/mol. The smallest absolute Gasteiger partial charge is 0.0897 e. The third kappa shape index (κ3) is 1.96. The molecule has 0 unspecified atom stereocenters. The predicted octanol–water partition coefficient (Wildman–Crippen LogP) is 2.51. The minimum absolute atomic E-state index is 0. The van der Waals surface area contributed by atoms with Crippen molar-refractivity contribution in [2.24, 2.45) is 0 Å². The summed E-state index contributed by atoms with van der Waals surface area (Å²) in [4.78, 5) is 0. The van der Waals surface area contributed by atoms with Gasteiger partial charge < -0.3 is 4.74 Å². The molecule has 1 aromatic rings. The molecule has 0 radical (unpaired) electrons. The summed E-state index contributed by atoms with van der Waals surface area (Å²) < 4.78 is 5.79. The van der Waals surface area contributed by atoms with Crippen LogP contribution in [0.25, 0.3) is 0 Å². The Morgan fingerprint density at radius 2 is 2.15 bits per heavy atom. The summed E-state index contributed by atoms with van der Waals surface area (Å²) in [5.41, 5.74) is 2.40. The van der Waals surface area contributed by atoms with E-state index in [0.717, 1.165) is 12.2 Å². The van der Waals surface area contributed by atoms with Crippen molar-refractivity contribution in [3.8, 4) is 5.75 Å². The van der Waals surface area contributed by atoms with Crippen molar-refractivity contribution >= 4 is 0 Å². The molecule has 1 aliphatic rings. The van der Waals surface area contributed by atoms with Crippen LogP contribution in [-0.4, -0.2) is 5.60 Å². The van der Waals surface area contributed by atoms with Gasteiger partial charge in [0, 0.05) is 26.8 Å². The first-order valence-electron chi connectivity index (χ1n) is 4.28. The zero-order valence-electron chi connectivity index (χ0n) is 8.18. The molecule has 0 atom stereocenters. The Hall–Kier alpha value is -0.292. The molecule has 2 rings (SSSR count). The van der Waals surface area contributed by atoms with Gasteiger partial charge in [-0.3, -0.25) is 0 Å². The fraction of sp³-hybridized carbons (Fsp3) is 0.455. The molecule has 0 spiro atoms. The van der Waals surface area contributed by atoms with Gasteiger partial charge in [-0.25, -0.2) is 0 Å². The minimum atomic E-state index is -0.0368. The van der Waals surface area contributed by atoms with Crippen molar-refractivity contribution in [2.45, 2.75) is 32.8 Å². The molecule has 0 saturated heterocycles. The van der Waals surface area contributed by atoms with Gasteiger partial charge in [-0.1, -0.05) is 6.92 Å². The van der Waals surface area contributed by atoms with Crippen LogP contribution in [0.3, 0.4) is 0 Å². The van der Waals surface area contributed by atoms with Crippen molar-refractivity contribution in [1.29, 1.82) is 0 Å². The number of hydrogen-bond acceptors (Lipinski definition) is 1. The van der Waals surface area contributed by atoms with Gasteiger partial charge in [0.15, 0.2) is 0 Å². The SMILES string of the molecule is Cc1cc[c-]c2c1OC(C)(C)C2.[W]. The second kappa shape index (κ2) is 3.46. The zero-order chi connectivity index (χ0) is 8.77. The Morgan fingerprint density at radius 3 is 2.77 bits per heavy atom. The number of rotatable bonds is 0. The van der Waals surface area contributed by atoms with Gasteiger partial charge in [-0.2, -0.15) is 18.2 Å². The minimum Gasteiger partial charge on any atom is -0.545 e. The molecular weight excluding hydrogens is 332 g/mol. The van der Waals surface area contributed by atoms with E-state index in [1.807, 2.05) is 12.1 Å². The van der Waals surface area contributed by atoms with Crippen molar-refractivity contribution < 1.29 is 25.8 Å². The maximum Gasteiger partial charge on any atom is 0.0897 e.